The molecule has 4 aromatic rings. The lowest BCUT2D eigenvalue weighted by Crippen LogP contribution is -2.31. The van der Waals surface area contributed by atoms with Crippen LogP contribution in [0.1, 0.15) is 11.3 Å². The molecule has 28 heavy (non-hydrogen) atoms. The van der Waals surface area contributed by atoms with Gasteiger partial charge in [-0.15, -0.1) is 0 Å². The third-order valence-corrected chi connectivity index (χ3v) is 5.33. The fraction of sp³-hybridized carbons (Fsp3) is 0.143. The minimum atomic E-state index is -0.332. The normalized spacial score (nSPS) is 10.9. The highest BCUT2D eigenvalue weighted by Gasteiger charge is 2.22. The summed E-state index contributed by atoms with van der Waals surface area (Å²) in [5.41, 5.74) is 1.44. The number of ether oxygens (including phenoxy) is 1. The molecule has 2 heterocycles. The molecule has 0 spiro atoms. The number of carbonyl (C=O) groups excluding carboxylic acids is 1. The number of anilines is 1. The zero-order valence-corrected chi connectivity index (χ0v) is 15.9. The maximum Gasteiger partial charge on any atom is 0.233 e. The SMILES string of the molecule is COc1cccc2sc(N(Cc3ccco3)C(=O)Cc3ccc(F)cc3)nc12. The molecule has 4 rings (SSSR count). The molecule has 2 aromatic heterocycles. The van der Waals surface area contributed by atoms with Crippen molar-refractivity contribution in [3.63, 3.8) is 0 Å². The Bertz CT molecular complexity index is 1090. The quantitative estimate of drug-likeness (QED) is 0.469. The summed E-state index contributed by atoms with van der Waals surface area (Å²) in [4.78, 5) is 19.3. The van der Waals surface area contributed by atoms with E-state index in [1.165, 1.54) is 23.5 Å². The maximum absolute atomic E-state index is 13.2. The Morgan fingerprint density at radius 2 is 2.00 bits per heavy atom. The van der Waals surface area contributed by atoms with E-state index in [0.717, 1.165) is 10.3 Å². The van der Waals surface area contributed by atoms with Crippen LogP contribution in [0.25, 0.3) is 10.2 Å². The van der Waals surface area contributed by atoms with Crippen molar-refractivity contribution < 1.29 is 18.3 Å². The Labute approximate surface area is 165 Å². The van der Waals surface area contributed by atoms with Gasteiger partial charge in [0.2, 0.25) is 5.91 Å². The molecule has 142 valence electrons. The molecule has 2 aromatic carbocycles. The van der Waals surface area contributed by atoms with E-state index in [-0.39, 0.29) is 24.7 Å². The number of hydrogen-bond donors (Lipinski definition) is 0. The number of para-hydroxylation sites is 1. The Morgan fingerprint density at radius 1 is 1.18 bits per heavy atom. The third-order valence-electron chi connectivity index (χ3n) is 4.29. The first kappa shape index (κ1) is 18.2. The van der Waals surface area contributed by atoms with Gasteiger partial charge in [0.15, 0.2) is 5.13 Å². The Balaban J connectivity index is 1.68. The summed E-state index contributed by atoms with van der Waals surface area (Å²) in [6.45, 7) is 0.259. The van der Waals surface area contributed by atoms with Gasteiger partial charge in [0, 0.05) is 0 Å². The average Bonchev–Trinajstić information content (AvgIpc) is 3.36. The number of halogens is 1. The van der Waals surface area contributed by atoms with Gasteiger partial charge in [-0.1, -0.05) is 29.5 Å². The van der Waals surface area contributed by atoms with Crippen LogP contribution in [0.4, 0.5) is 9.52 Å². The monoisotopic (exact) mass is 396 g/mol. The first-order valence-corrected chi connectivity index (χ1v) is 9.46. The second-order valence-electron chi connectivity index (χ2n) is 6.17. The molecule has 0 atom stereocenters. The molecule has 0 aliphatic rings. The van der Waals surface area contributed by atoms with Crippen LogP contribution in [-0.4, -0.2) is 18.0 Å². The average molecular weight is 396 g/mol. The van der Waals surface area contributed by atoms with Crippen LogP contribution < -0.4 is 9.64 Å². The first-order valence-electron chi connectivity index (χ1n) is 8.65. The number of hydrogen-bond acceptors (Lipinski definition) is 5. The molecule has 7 heteroatoms. The van der Waals surface area contributed by atoms with Gasteiger partial charge in [-0.25, -0.2) is 9.37 Å². The molecule has 1 amide bonds. The van der Waals surface area contributed by atoms with Crippen molar-refractivity contribution in [2.75, 3.05) is 12.0 Å². The summed E-state index contributed by atoms with van der Waals surface area (Å²) >= 11 is 1.41. The number of fused-ring (bicyclic) bond motifs is 1. The zero-order chi connectivity index (χ0) is 19.5. The molecular weight excluding hydrogens is 379 g/mol. The second kappa shape index (κ2) is 7.82. The van der Waals surface area contributed by atoms with Crippen LogP contribution in [0.2, 0.25) is 0 Å². The topological polar surface area (TPSA) is 55.6 Å². The van der Waals surface area contributed by atoms with Crippen LogP contribution in [-0.2, 0) is 17.8 Å². The van der Waals surface area contributed by atoms with Crippen molar-refractivity contribution in [1.29, 1.82) is 0 Å². The summed E-state index contributed by atoms with van der Waals surface area (Å²) in [6, 6.07) is 15.2. The molecule has 0 bridgehead atoms. The number of benzene rings is 2. The molecule has 0 saturated heterocycles. The number of rotatable bonds is 6. The van der Waals surface area contributed by atoms with Gasteiger partial charge in [0.1, 0.15) is 22.8 Å². The van der Waals surface area contributed by atoms with Crippen molar-refractivity contribution in [3.8, 4) is 5.75 Å². The fourth-order valence-corrected chi connectivity index (χ4v) is 3.88. The minimum absolute atomic E-state index is 0.133. The van der Waals surface area contributed by atoms with Gasteiger partial charge >= 0.3 is 0 Å². The number of thiazole rings is 1. The van der Waals surface area contributed by atoms with E-state index >= 15 is 0 Å². The highest BCUT2D eigenvalue weighted by molar-refractivity contribution is 7.22. The molecule has 0 N–H and O–H groups in total. The first-order chi connectivity index (χ1) is 13.6. The van der Waals surface area contributed by atoms with Gasteiger partial charge in [0.05, 0.1) is 31.0 Å². The van der Waals surface area contributed by atoms with E-state index in [4.69, 9.17) is 9.15 Å². The second-order valence-corrected chi connectivity index (χ2v) is 7.18. The van der Waals surface area contributed by atoms with E-state index in [2.05, 4.69) is 4.98 Å². The van der Waals surface area contributed by atoms with Crippen LogP contribution in [0.3, 0.4) is 0 Å². The number of amides is 1. The van der Waals surface area contributed by atoms with Gasteiger partial charge < -0.3 is 9.15 Å². The van der Waals surface area contributed by atoms with E-state index < -0.39 is 0 Å². The van der Waals surface area contributed by atoms with Crippen molar-refractivity contribution in [3.05, 3.63) is 78.0 Å². The van der Waals surface area contributed by atoms with Crippen LogP contribution in [0.5, 0.6) is 5.75 Å². The number of aromatic nitrogens is 1. The Morgan fingerprint density at radius 3 is 2.71 bits per heavy atom. The highest BCUT2D eigenvalue weighted by atomic mass is 32.1. The van der Waals surface area contributed by atoms with Crippen molar-refractivity contribution in [1.82, 2.24) is 4.98 Å². The molecule has 0 unspecified atom stereocenters. The number of carbonyl (C=O) groups is 1. The van der Waals surface area contributed by atoms with Gasteiger partial charge in [-0.05, 0) is 42.0 Å². The van der Waals surface area contributed by atoms with Crippen molar-refractivity contribution >= 4 is 32.6 Å². The highest BCUT2D eigenvalue weighted by Crippen LogP contribution is 2.35. The van der Waals surface area contributed by atoms with Crippen molar-refractivity contribution in [2.24, 2.45) is 0 Å². The standard InChI is InChI=1S/C21H17FN2O3S/c1-26-17-5-2-6-18-20(17)23-21(28-18)24(13-16-4-3-11-27-16)19(25)12-14-7-9-15(22)10-8-14/h2-11H,12-13H2,1H3. The lowest BCUT2D eigenvalue weighted by atomic mass is 10.1. The van der Waals surface area contributed by atoms with Crippen molar-refractivity contribution in [2.45, 2.75) is 13.0 Å². The van der Waals surface area contributed by atoms with Gasteiger partial charge in [-0.3, -0.25) is 9.69 Å². The molecule has 0 aliphatic heterocycles. The zero-order valence-electron chi connectivity index (χ0n) is 15.1. The van der Waals surface area contributed by atoms with E-state index in [1.54, 1.807) is 36.5 Å². The third kappa shape index (κ3) is 3.75. The molecule has 5 nitrogen and oxygen atoms in total. The largest absolute Gasteiger partial charge is 0.494 e. The molecule has 0 radical (unpaired) electrons. The summed E-state index contributed by atoms with van der Waals surface area (Å²) in [5.74, 6) is 0.825. The molecular formula is C21H17FN2O3S. The maximum atomic E-state index is 13.2. The predicted octanol–water partition coefficient (Wildman–Crippen LogP) is 4.81. The summed E-state index contributed by atoms with van der Waals surface area (Å²) in [5, 5.41) is 0.558. The molecule has 0 fully saturated rings. The summed E-state index contributed by atoms with van der Waals surface area (Å²) in [6.07, 6.45) is 1.70. The van der Waals surface area contributed by atoms with Crippen LogP contribution in [0.15, 0.2) is 65.3 Å². The molecule has 0 aliphatic carbocycles. The summed E-state index contributed by atoms with van der Waals surface area (Å²) in [7, 11) is 1.59. The smallest absolute Gasteiger partial charge is 0.233 e. The van der Waals surface area contributed by atoms with Crippen LogP contribution in [0, 0.1) is 5.82 Å². The van der Waals surface area contributed by atoms with E-state index in [9.17, 15) is 9.18 Å². The number of nitrogens with zero attached hydrogens (tertiary/aromatic N) is 2. The Kier molecular flexibility index (Phi) is 5.08. The fourth-order valence-electron chi connectivity index (χ4n) is 2.88. The van der Waals surface area contributed by atoms with Gasteiger partial charge in [0.25, 0.3) is 0 Å². The lowest BCUT2D eigenvalue weighted by molar-refractivity contribution is -0.118. The lowest BCUT2D eigenvalue weighted by Gasteiger charge is -2.18. The number of furan rings is 1. The predicted molar refractivity (Wildman–Crippen MR) is 106 cm³/mol. The van der Waals surface area contributed by atoms with Crippen LogP contribution >= 0.6 is 11.3 Å². The van der Waals surface area contributed by atoms with Gasteiger partial charge in [-0.2, -0.15) is 0 Å². The van der Waals surface area contributed by atoms with E-state index in [0.29, 0.717) is 22.2 Å². The number of methoxy groups -OCH3 is 1. The summed E-state index contributed by atoms with van der Waals surface area (Å²) < 4.78 is 24.9. The minimum Gasteiger partial charge on any atom is -0.494 e. The molecule has 0 saturated carbocycles. The van der Waals surface area contributed by atoms with E-state index in [1.807, 2.05) is 24.3 Å². The Hall–Kier alpha value is -3.19.